The minimum absolute atomic E-state index is 0.195. The molecule has 6 heterocycles. The summed E-state index contributed by atoms with van der Waals surface area (Å²) in [5, 5.41) is 17.3. The Labute approximate surface area is 245 Å². The Bertz CT molecular complexity index is 1750. The second-order valence-electron chi connectivity index (χ2n) is 12.8. The van der Waals surface area contributed by atoms with Crippen molar-refractivity contribution in [3.63, 3.8) is 0 Å². The van der Waals surface area contributed by atoms with Crippen molar-refractivity contribution < 1.29 is 14.2 Å². The van der Waals surface area contributed by atoms with Crippen LogP contribution in [0.1, 0.15) is 37.7 Å². The number of aryl methyl sites for hydroxylation is 1. The summed E-state index contributed by atoms with van der Waals surface area (Å²) in [4.78, 5) is 9.82. The van der Waals surface area contributed by atoms with E-state index in [1.54, 1.807) is 12.1 Å². The minimum atomic E-state index is -0.795. The van der Waals surface area contributed by atoms with E-state index in [0.29, 0.717) is 37.5 Å². The molecule has 2 aromatic carbocycles. The summed E-state index contributed by atoms with van der Waals surface area (Å²) in [7, 11) is 2.04. The number of aromatic hydroxyl groups is 1. The zero-order valence-electron chi connectivity index (χ0n) is 23.9. The zero-order chi connectivity index (χ0) is 28.6. The van der Waals surface area contributed by atoms with E-state index < -0.39 is 6.17 Å². The molecule has 4 aromatic rings. The third-order valence-electron chi connectivity index (χ3n) is 10.2. The van der Waals surface area contributed by atoms with Crippen LogP contribution in [0.2, 0.25) is 0 Å². The Morgan fingerprint density at radius 2 is 2.00 bits per heavy atom. The van der Waals surface area contributed by atoms with Crippen LogP contribution in [0.4, 0.5) is 10.2 Å². The molecule has 0 spiro atoms. The first-order chi connectivity index (χ1) is 20.4. The van der Waals surface area contributed by atoms with E-state index in [2.05, 4.69) is 31.7 Å². The van der Waals surface area contributed by atoms with Gasteiger partial charge in [0.25, 0.3) is 0 Å². The van der Waals surface area contributed by atoms with Crippen molar-refractivity contribution in [2.75, 3.05) is 37.7 Å². The van der Waals surface area contributed by atoms with Crippen LogP contribution < -0.4 is 15.0 Å². The van der Waals surface area contributed by atoms with Crippen LogP contribution in [0.3, 0.4) is 0 Å². The molecular formula is C34H36FN5O2. The number of piperazine rings is 1. The number of phenols is 1. The fourth-order valence-corrected chi connectivity index (χ4v) is 8.22. The van der Waals surface area contributed by atoms with Crippen LogP contribution in [-0.4, -0.2) is 76.1 Å². The number of hydrogen-bond acceptors (Lipinski definition) is 6. The third-order valence-corrected chi connectivity index (χ3v) is 10.2. The maximum absolute atomic E-state index is 14.5. The molecule has 4 aliphatic rings. The molecule has 2 unspecified atom stereocenters. The fourth-order valence-electron chi connectivity index (χ4n) is 8.22. The van der Waals surface area contributed by atoms with Crippen LogP contribution in [0.5, 0.6) is 11.6 Å². The Morgan fingerprint density at radius 1 is 1.17 bits per heavy atom. The lowest BCUT2D eigenvalue weighted by Gasteiger charge is -2.34. The summed E-state index contributed by atoms with van der Waals surface area (Å²) in [6.45, 7) is 3.67. The van der Waals surface area contributed by atoms with Gasteiger partial charge in [0.2, 0.25) is 5.88 Å². The number of alkyl halides is 1. The van der Waals surface area contributed by atoms with Crippen molar-refractivity contribution >= 4 is 27.5 Å². The van der Waals surface area contributed by atoms with E-state index in [9.17, 15) is 9.50 Å². The second kappa shape index (κ2) is 9.62. The highest BCUT2D eigenvalue weighted by atomic mass is 19.1. The van der Waals surface area contributed by atoms with Gasteiger partial charge in [0.15, 0.2) is 0 Å². The first-order valence-electron chi connectivity index (χ1n) is 15.2. The number of benzene rings is 2. The van der Waals surface area contributed by atoms with Gasteiger partial charge in [0, 0.05) is 78.8 Å². The lowest BCUT2D eigenvalue weighted by atomic mass is 9.95. The van der Waals surface area contributed by atoms with Crippen LogP contribution in [0.15, 0.2) is 42.5 Å². The van der Waals surface area contributed by atoms with Crippen LogP contribution >= 0.6 is 0 Å². The number of fused-ring (bicyclic) bond motifs is 5. The number of pyridine rings is 1. The summed E-state index contributed by atoms with van der Waals surface area (Å²) in [6.07, 6.45) is 10.1. The van der Waals surface area contributed by atoms with Gasteiger partial charge in [0.1, 0.15) is 24.3 Å². The third kappa shape index (κ3) is 4.05. The number of hydrogen-bond donors (Lipinski definition) is 2. The van der Waals surface area contributed by atoms with Gasteiger partial charge in [-0.1, -0.05) is 18.1 Å². The zero-order valence-corrected chi connectivity index (χ0v) is 23.9. The number of nitrogens with one attached hydrogen (secondary N) is 1. The van der Waals surface area contributed by atoms with Gasteiger partial charge >= 0.3 is 0 Å². The highest BCUT2D eigenvalue weighted by Crippen LogP contribution is 2.43. The van der Waals surface area contributed by atoms with Crippen molar-refractivity contribution in [2.24, 2.45) is 7.05 Å². The molecule has 0 radical (unpaired) electrons. The van der Waals surface area contributed by atoms with Crippen molar-refractivity contribution in [3.8, 4) is 35.2 Å². The smallest absolute Gasteiger partial charge is 0.217 e. The number of nitrogens with zero attached hydrogens (tertiary/aromatic N) is 4. The first kappa shape index (κ1) is 25.9. The molecule has 4 fully saturated rings. The molecule has 0 aliphatic carbocycles. The van der Waals surface area contributed by atoms with Gasteiger partial charge in [-0.05, 0) is 61.9 Å². The quantitative estimate of drug-likeness (QED) is 0.333. The number of anilines is 1. The Balaban J connectivity index is 1.26. The van der Waals surface area contributed by atoms with Gasteiger partial charge in [-0.2, -0.15) is 4.98 Å². The maximum atomic E-state index is 14.5. The molecule has 2 N–H and O–H groups in total. The van der Waals surface area contributed by atoms with E-state index in [4.69, 9.17) is 16.1 Å². The van der Waals surface area contributed by atoms with E-state index >= 15 is 0 Å². The van der Waals surface area contributed by atoms with Gasteiger partial charge in [0.05, 0.1) is 11.1 Å². The van der Waals surface area contributed by atoms with Crippen LogP contribution in [0, 0.1) is 12.3 Å². The molecule has 0 amide bonds. The van der Waals surface area contributed by atoms with E-state index in [-0.39, 0.29) is 11.3 Å². The standard InChI is InChI=1S/C34H36FN5O2/c1-3-21-6-4-7-22-12-26(41)13-27(32(21)22)29-14-28-30(38(29)2)15-31(37-33(28)39-18-24-8-9-25(19-39)36-24)42-20-34-10-5-11-40(34)17-23(35)16-34/h1,4,6-7,12-15,23-25,36,41H,5,8-11,16-20H2,2H3/t23-,24?,25?,34+/m1/s1. The van der Waals surface area contributed by atoms with E-state index in [0.717, 1.165) is 76.8 Å². The monoisotopic (exact) mass is 565 g/mol. The minimum Gasteiger partial charge on any atom is -0.508 e. The molecule has 4 aliphatic heterocycles. The molecule has 2 bridgehead atoms. The largest absolute Gasteiger partial charge is 0.508 e. The first-order valence-corrected chi connectivity index (χ1v) is 15.2. The number of halogens is 1. The lowest BCUT2D eigenvalue weighted by Crippen LogP contribution is -2.51. The molecule has 4 atom stereocenters. The molecule has 2 aromatic heterocycles. The lowest BCUT2D eigenvalue weighted by molar-refractivity contribution is 0.111. The highest BCUT2D eigenvalue weighted by molar-refractivity contribution is 6.04. The molecule has 8 rings (SSSR count). The van der Waals surface area contributed by atoms with Gasteiger partial charge in [-0.3, -0.25) is 4.90 Å². The normalized spacial score (nSPS) is 27.2. The number of aromatic nitrogens is 2. The van der Waals surface area contributed by atoms with E-state index in [1.807, 2.05) is 31.3 Å². The van der Waals surface area contributed by atoms with Crippen molar-refractivity contribution in [1.29, 1.82) is 0 Å². The van der Waals surface area contributed by atoms with Crippen LogP contribution in [-0.2, 0) is 7.05 Å². The number of rotatable bonds is 5. The number of phenolic OH excluding ortho intramolecular Hbond substituents is 1. The Hall–Kier alpha value is -3.80. The molecule has 4 saturated heterocycles. The number of terminal acetylenes is 1. The number of ether oxygens (including phenoxy) is 1. The summed E-state index contributed by atoms with van der Waals surface area (Å²) >= 11 is 0. The summed E-state index contributed by atoms with van der Waals surface area (Å²) in [6, 6.07) is 14.5. The average molecular weight is 566 g/mol. The van der Waals surface area contributed by atoms with Crippen molar-refractivity contribution in [1.82, 2.24) is 19.8 Å². The summed E-state index contributed by atoms with van der Waals surface area (Å²) in [5.74, 6) is 4.52. The predicted molar refractivity (Wildman–Crippen MR) is 164 cm³/mol. The molecule has 8 heteroatoms. The SMILES string of the molecule is C#Cc1cccc2cc(O)cc(-c3cc4c(N5CC6CCC(C5)N6)nc(OC[C@@]56CCCN5C[C@H](F)C6)cc4n3C)c12. The molecular weight excluding hydrogens is 529 g/mol. The highest BCUT2D eigenvalue weighted by Gasteiger charge is 2.49. The Morgan fingerprint density at radius 3 is 2.81 bits per heavy atom. The predicted octanol–water partition coefficient (Wildman–Crippen LogP) is 4.98. The van der Waals surface area contributed by atoms with Crippen LogP contribution in [0.25, 0.3) is 32.9 Å². The molecule has 42 heavy (non-hydrogen) atoms. The Kier molecular flexibility index (Phi) is 5.92. The summed E-state index contributed by atoms with van der Waals surface area (Å²) in [5.41, 5.74) is 3.38. The average Bonchev–Trinajstić information content (AvgIpc) is 3.71. The van der Waals surface area contributed by atoms with Gasteiger partial charge in [-0.15, -0.1) is 6.42 Å². The van der Waals surface area contributed by atoms with Crippen molar-refractivity contribution in [3.05, 3.63) is 48.0 Å². The van der Waals surface area contributed by atoms with Gasteiger partial charge < -0.3 is 24.6 Å². The van der Waals surface area contributed by atoms with Crippen molar-refractivity contribution in [2.45, 2.75) is 55.9 Å². The molecule has 0 saturated carbocycles. The van der Waals surface area contributed by atoms with E-state index in [1.165, 1.54) is 12.8 Å². The van der Waals surface area contributed by atoms with Gasteiger partial charge in [-0.25, -0.2) is 4.39 Å². The summed E-state index contributed by atoms with van der Waals surface area (Å²) < 4.78 is 23.1. The molecule has 7 nitrogen and oxygen atoms in total. The maximum Gasteiger partial charge on any atom is 0.217 e. The second-order valence-corrected chi connectivity index (χ2v) is 12.8. The molecule has 216 valence electrons. The topological polar surface area (TPSA) is 65.8 Å². The fraction of sp³-hybridized carbons (Fsp3) is 0.441.